The van der Waals surface area contributed by atoms with Crippen LogP contribution in [0.25, 0.3) is 0 Å². The summed E-state index contributed by atoms with van der Waals surface area (Å²) in [6.45, 7) is 0.685. The number of aromatic nitrogens is 2. The Kier molecular flexibility index (Phi) is 3.48. The molecule has 0 saturated heterocycles. The standard InChI is InChI=1S/C10H9ClIN3/c11-7-1-2-9(8(12)5-7)15-6-10-13-3-4-14-10/h1-5,15H,6H2,(H,13,14). The van der Waals surface area contributed by atoms with Crippen LogP contribution in [0, 0.1) is 3.57 Å². The molecule has 2 aromatic rings. The summed E-state index contributed by atoms with van der Waals surface area (Å²) < 4.78 is 1.10. The van der Waals surface area contributed by atoms with Crippen molar-refractivity contribution < 1.29 is 0 Å². The third kappa shape index (κ3) is 2.85. The Morgan fingerprint density at radius 3 is 3.00 bits per heavy atom. The summed E-state index contributed by atoms with van der Waals surface area (Å²) >= 11 is 8.12. The SMILES string of the molecule is Clc1ccc(NCc2ncc[nH]2)c(I)c1. The van der Waals surface area contributed by atoms with E-state index in [1.54, 1.807) is 6.20 Å². The average molecular weight is 334 g/mol. The highest BCUT2D eigenvalue weighted by Crippen LogP contribution is 2.22. The van der Waals surface area contributed by atoms with Crippen molar-refractivity contribution in [3.8, 4) is 0 Å². The van der Waals surface area contributed by atoms with E-state index in [1.165, 1.54) is 0 Å². The van der Waals surface area contributed by atoms with Gasteiger partial charge in [-0.1, -0.05) is 11.6 Å². The molecule has 0 unspecified atom stereocenters. The van der Waals surface area contributed by atoms with Crippen molar-refractivity contribution in [3.05, 3.63) is 45.0 Å². The fraction of sp³-hybridized carbons (Fsp3) is 0.100. The number of nitrogens with one attached hydrogen (secondary N) is 2. The highest BCUT2D eigenvalue weighted by molar-refractivity contribution is 14.1. The number of hydrogen-bond acceptors (Lipinski definition) is 2. The molecule has 1 heterocycles. The molecule has 0 atom stereocenters. The summed E-state index contributed by atoms with van der Waals surface area (Å²) in [5.74, 6) is 0.917. The maximum absolute atomic E-state index is 5.87. The maximum Gasteiger partial charge on any atom is 0.125 e. The fourth-order valence-electron chi connectivity index (χ4n) is 1.21. The van der Waals surface area contributed by atoms with Crippen LogP contribution in [0.4, 0.5) is 5.69 Å². The van der Waals surface area contributed by atoms with Gasteiger partial charge in [-0.25, -0.2) is 4.98 Å². The van der Waals surface area contributed by atoms with Crippen molar-refractivity contribution in [1.82, 2.24) is 9.97 Å². The Balaban J connectivity index is 2.05. The molecule has 2 rings (SSSR count). The Labute approximate surface area is 106 Å². The van der Waals surface area contributed by atoms with E-state index in [9.17, 15) is 0 Å². The first kappa shape index (κ1) is 10.8. The number of H-pyrrole nitrogens is 1. The van der Waals surface area contributed by atoms with Crippen LogP contribution in [0.2, 0.25) is 5.02 Å². The number of rotatable bonds is 3. The molecule has 0 spiro atoms. The van der Waals surface area contributed by atoms with Gasteiger partial charge in [0.15, 0.2) is 0 Å². The van der Waals surface area contributed by atoms with Gasteiger partial charge in [0.2, 0.25) is 0 Å². The number of anilines is 1. The van der Waals surface area contributed by atoms with E-state index in [2.05, 4.69) is 37.9 Å². The van der Waals surface area contributed by atoms with Crippen molar-refractivity contribution in [2.45, 2.75) is 6.54 Å². The van der Waals surface area contributed by atoms with Crippen LogP contribution in [0.3, 0.4) is 0 Å². The van der Waals surface area contributed by atoms with Gasteiger partial charge < -0.3 is 10.3 Å². The second-order valence-corrected chi connectivity index (χ2v) is 4.61. The van der Waals surface area contributed by atoms with Crippen LogP contribution >= 0.6 is 34.2 Å². The molecule has 0 saturated carbocycles. The van der Waals surface area contributed by atoms with Gasteiger partial charge >= 0.3 is 0 Å². The lowest BCUT2D eigenvalue weighted by atomic mass is 10.3. The third-order valence-corrected chi connectivity index (χ3v) is 3.06. The van der Waals surface area contributed by atoms with Gasteiger partial charge in [0.05, 0.1) is 6.54 Å². The van der Waals surface area contributed by atoms with E-state index in [1.807, 2.05) is 24.4 Å². The van der Waals surface area contributed by atoms with Crippen molar-refractivity contribution in [1.29, 1.82) is 0 Å². The predicted octanol–water partition coefficient (Wildman–Crippen LogP) is 3.28. The smallest absolute Gasteiger partial charge is 0.125 e. The van der Waals surface area contributed by atoms with E-state index >= 15 is 0 Å². The van der Waals surface area contributed by atoms with Gasteiger partial charge in [-0.2, -0.15) is 0 Å². The van der Waals surface area contributed by atoms with Crippen LogP contribution in [0.15, 0.2) is 30.6 Å². The summed E-state index contributed by atoms with van der Waals surface area (Å²) in [6, 6.07) is 5.76. The molecular formula is C10H9ClIN3. The summed E-state index contributed by atoms with van der Waals surface area (Å²) in [5.41, 5.74) is 1.07. The largest absolute Gasteiger partial charge is 0.377 e. The lowest BCUT2D eigenvalue weighted by molar-refractivity contribution is 0.999. The normalized spacial score (nSPS) is 10.3. The molecule has 0 radical (unpaired) electrons. The number of benzene rings is 1. The average Bonchev–Trinajstić information content (AvgIpc) is 2.69. The molecule has 0 aliphatic heterocycles. The van der Waals surface area contributed by atoms with Crippen LogP contribution in [0.5, 0.6) is 0 Å². The van der Waals surface area contributed by atoms with Crippen molar-refractivity contribution in [2.24, 2.45) is 0 Å². The molecule has 15 heavy (non-hydrogen) atoms. The molecule has 0 amide bonds. The summed E-state index contributed by atoms with van der Waals surface area (Å²) in [5, 5.41) is 4.04. The lowest BCUT2D eigenvalue weighted by Crippen LogP contribution is -2.02. The number of imidazole rings is 1. The topological polar surface area (TPSA) is 40.7 Å². The number of nitrogens with zero attached hydrogens (tertiary/aromatic N) is 1. The van der Waals surface area contributed by atoms with E-state index in [-0.39, 0.29) is 0 Å². The van der Waals surface area contributed by atoms with Gasteiger partial charge in [-0.15, -0.1) is 0 Å². The lowest BCUT2D eigenvalue weighted by Gasteiger charge is -2.06. The molecule has 1 aromatic heterocycles. The molecule has 0 aliphatic carbocycles. The fourth-order valence-corrected chi connectivity index (χ4v) is 2.27. The summed E-state index contributed by atoms with van der Waals surface area (Å²) in [4.78, 5) is 7.17. The molecular weight excluding hydrogens is 324 g/mol. The van der Waals surface area contributed by atoms with E-state index in [4.69, 9.17) is 11.6 Å². The molecule has 0 fully saturated rings. The molecule has 1 aromatic carbocycles. The Hall–Kier alpha value is -0.750. The number of halogens is 2. The van der Waals surface area contributed by atoms with Crippen LogP contribution in [-0.4, -0.2) is 9.97 Å². The minimum atomic E-state index is 0.685. The second kappa shape index (κ2) is 4.85. The van der Waals surface area contributed by atoms with Crippen LogP contribution in [0.1, 0.15) is 5.82 Å². The first-order valence-electron chi connectivity index (χ1n) is 4.43. The van der Waals surface area contributed by atoms with Crippen molar-refractivity contribution in [2.75, 3.05) is 5.32 Å². The zero-order chi connectivity index (χ0) is 10.7. The highest BCUT2D eigenvalue weighted by atomic mass is 127. The number of hydrogen-bond donors (Lipinski definition) is 2. The van der Waals surface area contributed by atoms with Gasteiger partial charge in [-0.05, 0) is 40.8 Å². The van der Waals surface area contributed by atoms with Crippen molar-refractivity contribution >= 4 is 39.9 Å². The molecule has 78 valence electrons. The Morgan fingerprint density at radius 2 is 2.33 bits per heavy atom. The number of aromatic amines is 1. The maximum atomic E-state index is 5.87. The van der Waals surface area contributed by atoms with Crippen molar-refractivity contribution in [3.63, 3.8) is 0 Å². The Morgan fingerprint density at radius 1 is 1.47 bits per heavy atom. The van der Waals surface area contributed by atoms with Gasteiger partial charge in [0.25, 0.3) is 0 Å². The Bertz CT molecular complexity index is 442. The quantitative estimate of drug-likeness (QED) is 0.846. The molecule has 2 N–H and O–H groups in total. The summed E-state index contributed by atoms with van der Waals surface area (Å²) in [6.07, 6.45) is 3.55. The minimum absolute atomic E-state index is 0.685. The minimum Gasteiger partial charge on any atom is -0.377 e. The van der Waals surface area contributed by atoms with E-state index < -0.39 is 0 Å². The third-order valence-electron chi connectivity index (χ3n) is 1.93. The molecule has 0 aliphatic rings. The zero-order valence-electron chi connectivity index (χ0n) is 7.80. The van der Waals surface area contributed by atoms with Crippen LogP contribution in [-0.2, 0) is 6.54 Å². The first-order chi connectivity index (χ1) is 7.25. The van der Waals surface area contributed by atoms with E-state index in [0.717, 1.165) is 20.1 Å². The van der Waals surface area contributed by atoms with E-state index in [0.29, 0.717) is 6.54 Å². The monoisotopic (exact) mass is 333 g/mol. The molecule has 5 heteroatoms. The first-order valence-corrected chi connectivity index (χ1v) is 5.88. The molecule has 3 nitrogen and oxygen atoms in total. The summed E-state index contributed by atoms with van der Waals surface area (Å²) in [7, 11) is 0. The van der Waals surface area contributed by atoms with Gasteiger partial charge in [-0.3, -0.25) is 0 Å². The second-order valence-electron chi connectivity index (χ2n) is 3.01. The highest BCUT2D eigenvalue weighted by Gasteiger charge is 2.00. The van der Waals surface area contributed by atoms with Crippen LogP contribution < -0.4 is 5.32 Å². The molecule has 0 bridgehead atoms. The van der Waals surface area contributed by atoms with Gasteiger partial charge in [0, 0.05) is 26.7 Å². The zero-order valence-corrected chi connectivity index (χ0v) is 10.7. The van der Waals surface area contributed by atoms with Gasteiger partial charge in [0.1, 0.15) is 5.82 Å². The predicted molar refractivity (Wildman–Crippen MR) is 70.1 cm³/mol.